The highest BCUT2D eigenvalue weighted by atomic mass is 16.6. The van der Waals surface area contributed by atoms with Crippen molar-refractivity contribution in [1.82, 2.24) is 10.2 Å². The molecule has 32 heavy (non-hydrogen) atoms. The van der Waals surface area contributed by atoms with E-state index in [4.69, 9.17) is 9.47 Å². The number of carbonyl (C=O) groups excluding carboxylic acids is 3. The molecule has 0 bridgehead atoms. The number of ether oxygens (including phenoxy) is 2. The number of alkyl carbamates (subject to hydrolysis) is 1. The van der Waals surface area contributed by atoms with Crippen LogP contribution in [0.4, 0.5) is 4.79 Å². The van der Waals surface area contributed by atoms with E-state index >= 15 is 0 Å². The fraction of sp³-hybridized carbons (Fsp3) is 0.400. The Morgan fingerprint density at radius 1 is 0.969 bits per heavy atom. The highest BCUT2D eigenvalue weighted by Gasteiger charge is 2.31. The monoisotopic (exact) mass is 438 g/mol. The Kier molecular flexibility index (Phi) is 6.87. The van der Waals surface area contributed by atoms with E-state index < -0.39 is 29.6 Å². The van der Waals surface area contributed by atoms with Crippen molar-refractivity contribution in [2.75, 3.05) is 20.7 Å². The lowest BCUT2D eigenvalue weighted by atomic mass is 9.98. The Labute approximate surface area is 188 Å². The van der Waals surface area contributed by atoms with Crippen molar-refractivity contribution in [1.29, 1.82) is 0 Å². The van der Waals surface area contributed by atoms with Gasteiger partial charge >= 0.3 is 12.1 Å². The number of esters is 1. The summed E-state index contributed by atoms with van der Waals surface area (Å²) in [6, 6.07) is 15.0. The molecule has 1 unspecified atom stereocenters. The lowest BCUT2D eigenvalue weighted by Gasteiger charge is -2.24. The van der Waals surface area contributed by atoms with Crippen LogP contribution >= 0.6 is 0 Å². The SMILES string of the molecule is CN(C)C(=O)C(CC(=O)OC(C)(C)C)NC(=O)OCC1c2ccccc2-c2ccccc21. The van der Waals surface area contributed by atoms with Crippen LogP contribution in [-0.4, -0.2) is 55.2 Å². The smallest absolute Gasteiger partial charge is 0.407 e. The summed E-state index contributed by atoms with van der Waals surface area (Å²) in [6.07, 6.45) is -1.03. The van der Waals surface area contributed by atoms with Crippen molar-refractivity contribution in [3.8, 4) is 11.1 Å². The van der Waals surface area contributed by atoms with Crippen LogP contribution in [0.2, 0.25) is 0 Å². The van der Waals surface area contributed by atoms with Gasteiger partial charge in [-0.05, 0) is 43.0 Å². The molecule has 1 aliphatic carbocycles. The van der Waals surface area contributed by atoms with Crippen LogP contribution in [0.3, 0.4) is 0 Å². The highest BCUT2D eigenvalue weighted by molar-refractivity contribution is 5.89. The second-order valence-corrected chi connectivity index (χ2v) is 9.05. The number of nitrogens with one attached hydrogen (secondary N) is 1. The summed E-state index contributed by atoms with van der Waals surface area (Å²) in [5, 5.41) is 2.53. The van der Waals surface area contributed by atoms with Gasteiger partial charge in [0.2, 0.25) is 5.91 Å². The van der Waals surface area contributed by atoms with Crippen molar-refractivity contribution >= 4 is 18.0 Å². The van der Waals surface area contributed by atoms with Gasteiger partial charge in [-0.15, -0.1) is 0 Å². The number of amides is 2. The summed E-state index contributed by atoms with van der Waals surface area (Å²) < 4.78 is 10.8. The lowest BCUT2D eigenvalue weighted by molar-refractivity contribution is -0.157. The van der Waals surface area contributed by atoms with E-state index in [1.807, 2.05) is 36.4 Å². The zero-order valence-electron chi connectivity index (χ0n) is 19.2. The van der Waals surface area contributed by atoms with Gasteiger partial charge in [0, 0.05) is 20.0 Å². The Bertz CT molecular complexity index is 964. The summed E-state index contributed by atoms with van der Waals surface area (Å²) in [4.78, 5) is 38.6. The molecular weight excluding hydrogens is 408 g/mol. The first kappa shape index (κ1) is 23.3. The average Bonchev–Trinajstić information content (AvgIpc) is 3.03. The van der Waals surface area contributed by atoms with Crippen molar-refractivity contribution in [3.05, 3.63) is 59.7 Å². The summed E-state index contributed by atoms with van der Waals surface area (Å²) in [7, 11) is 3.12. The van der Waals surface area contributed by atoms with Gasteiger partial charge in [-0.2, -0.15) is 0 Å². The number of hydrogen-bond donors (Lipinski definition) is 1. The van der Waals surface area contributed by atoms with Gasteiger partial charge in [-0.1, -0.05) is 48.5 Å². The van der Waals surface area contributed by atoms with Crippen molar-refractivity contribution in [2.45, 2.75) is 44.8 Å². The molecule has 7 nitrogen and oxygen atoms in total. The quantitative estimate of drug-likeness (QED) is 0.695. The average molecular weight is 439 g/mol. The van der Waals surface area contributed by atoms with Crippen LogP contribution in [0.25, 0.3) is 11.1 Å². The van der Waals surface area contributed by atoms with Gasteiger partial charge in [0.05, 0.1) is 6.42 Å². The molecule has 170 valence electrons. The maximum Gasteiger partial charge on any atom is 0.407 e. The maximum absolute atomic E-state index is 12.6. The predicted octanol–water partition coefficient (Wildman–Crippen LogP) is 3.71. The highest BCUT2D eigenvalue weighted by Crippen LogP contribution is 2.44. The topological polar surface area (TPSA) is 84.9 Å². The number of rotatable bonds is 6. The first-order chi connectivity index (χ1) is 15.1. The van der Waals surface area contributed by atoms with Crippen LogP contribution in [0, 0.1) is 0 Å². The minimum atomic E-state index is -1.07. The standard InChI is InChI=1S/C25H30N2O5/c1-25(2,3)32-22(28)14-21(23(29)27(4)5)26-24(30)31-15-20-18-12-8-6-10-16(18)17-11-7-9-13-19(17)20/h6-13,20-21H,14-15H2,1-5H3,(H,26,30). The molecule has 1 atom stereocenters. The van der Waals surface area contributed by atoms with Crippen LogP contribution in [0.5, 0.6) is 0 Å². The fourth-order valence-electron chi connectivity index (χ4n) is 3.84. The third-order valence-corrected chi connectivity index (χ3v) is 5.17. The van der Waals surface area contributed by atoms with Gasteiger partial charge in [0.25, 0.3) is 0 Å². The van der Waals surface area contributed by atoms with Gasteiger partial charge in [0.1, 0.15) is 18.2 Å². The second-order valence-electron chi connectivity index (χ2n) is 9.05. The zero-order chi connectivity index (χ0) is 23.5. The second kappa shape index (κ2) is 9.42. The predicted molar refractivity (Wildman–Crippen MR) is 121 cm³/mol. The maximum atomic E-state index is 12.6. The molecule has 0 saturated heterocycles. The third kappa shape index (κ3) is 5.46. The van der Waals surface area contributed by atoms with Gasteiger partial charge in [-0.3, -0.25) is 9.59 Å². The number of fused-ring (bicyclic) bond motifs is 3. The largest absolute Gasteiger partial charge is 0.460 e. The Morgan fingerprint density at radius 2 is 1.50 bits per heavy atom. The van der Waals surface area contributed by atoms with E-state index in [1.54, 1.807) is 34.9 Å². The summed E-state index contributed by atoms with van der Waals surface area (Å²) in [5.41, 5.74) is 3.75. The summed E-state index contributed by atoms with van der Waals surface area (Å²) >= 11 is 0. The number of carbonyl (C=O) groups is 3. The molecule has 0 spiro atoms. The van der Waals surface area contributed by atoms with Crippen molar-refractivity contribution in [3.63, 3.8) is 0 Å². The van der Waals surface area contributed by atoms with Crippen molar-refractivity contribution < 1.29 is 23.9 Å². The fourth-order valence-corrected chi connectivity index (χ4v) is 3.84. The normalized spacial score (nSPS) is 13.5. The van der Waals surface area contributed by atoms with E-state index in [0.717, 1.165) is 22.3 Å². The number of likely N-dealkylation sites (N-methyl/N-ethyl adjacent to an activating group) is 1. The zero-order valence-corrected chi connectivity index (χ0v) is 19.2. The number of hydrogen-bond acceptors (Lipinski definition) is 5. The van der Waals surface area contributed by atoms with Crippen LogP contribution in [0.15, 0.2) is 48.5 Å². The lowest BCUT2D eigenvalue weighted by Crippen LogP contribution is -2.48. The first-order valence-corrected chi connectivity index (χ1v) is 10.6. The Morgan fingerprint density at radius 3 is 2.00 bits per heavy atom. The molecule has 0 saturated carbocycles. The molecule has 0 radical (unpaired) electrons. The molecule has 1 aliphatic rings. The molecule has 2 aromatic carbocycles. The van der Waals surface area contributed by atoms with Crippen molar-refractivity contribution in [2.24, 2.45) is 0 Å². The molecule has 2 amide bonds. The van der Waals surface area contributed by atoms with E-state index in [9.17, 15) is 14.4 Å². The number of nitrogens with zero attached hydrogens (tertiary/aromatic N) is 1. The molecular formula is C25H30N2O5. The Hall–Kier alpha value is -3.35. The minimum absolute atomic E-state index is 0.0954. The van der Waals surface area contributed by atoms with Crippen LogP contribution in [0.1, 0.15) is 44.2 Å². The molecule has 3 rings (SSSR count). The molecule has 1 N–H and O–H groups in total. The van der Waals surface area contributed by atoms with E-state index in [0.29, 0.717) is 0 Å². The summed E-state index contributed by atoms with van der Waals surface area (Å²) in [6.45, 7) is 5.35. The molecule has 0 aromatic heterocycles. The minimum Gasteiger partial charge on any atom is -0.460 e. The molecule has 0 heterocycles. The first-order valence-electron chi connectivity index (χ1n) is 10.6. The molecule has 2 aromatic rings. The molecule has 0 aliphatic heterocycles. The molecule has 7 heteroatoms. The molecule has 0 fully saturated rings. The van der Waals surface area contributed by atoms with E-state index in [1.165, 1.54) is 4.90 Å². The Balaban J connectivity index is 1.68. The van der Waals surface area contributed by atoms with E-state index in [2.05, 4.69) is 17.4 Å². The van der Waals surface area contributed by atoms with Gasteiger partial charge < -0.3 is 19.7 Å². The summed E-state index contributed by atoms with van der Waals surface area (Å²) in [5.74, 6) is -1.08. The van der Waals surface area contributed by atoms with Crippen LogP contribution in [-0.2, 0) is 19.1 Å². The van der Waals surface area contributed by atoms with Crippen LogP contribution < -0.4 is 5.32 Å². The van der Waals surface area contributed by atoms with Gasteiger partial charge in [0.15, 0.2) is 0 Å². The van der Waals surface area contributed by atoms with E-state index in [-0.39, 0.29) is 18.9 Å². The number of benzene rings is 2. The van der Waals surface area contributed by atoms with Gasteiger partial charge in [-0.25, -0.2) is 4.79 Å². The third-order valence-electron chi connectivity index (χ3n) is 5.17.